The third-order valence-electron chi connectivity index (χ3n) is 1.69. The fourth-order valence-corrected chi connectivity index (χ4v) is 1.03. The summed E-state index contributed by atoms with van der Waals surface area (Å²) in [5, 5.41) is 6.32. The van der Waals surface area contributed by atoms with Crippen molar-refractivity contribution < 1.29 is 9.47 Å². The molecule has 2 aliphatic heterocycles. The highest BCUT2D eigenvalue weighted by Crippen LogP contribution is 1.77. The molecule has 0 spiro atoms. The van der Waals surface area contributed by atoms with Gasteiger partial charge in [-0.2, -0.15) is 0 Å². The lowest BCUT2D eigenvalue weighted by atomic mass is 10.5. The van der Waals surface area contributed by atoms with E-state index < -0.39 is 0 Å². The standard InChI is InChI=1S/2C4H9NO.C2H4/c2*1-3-6-4-2-5-1;1-2/h2*5H,1-4H2;1-2H2. The van der Waals surface area contributed by atoms with Crippen molar-refractivity contribution in [1.82, 2.24) is 10.6 Å². The molecule has 4 nitrogen and oxygen atoms in total. The third-order valence-corrected chi connectivity index (χ3v) is 1.69. The van der Waals surface area contributed by atoms with E-state index in [1.165, 1.54) is 0 Å². The first-order valence-corrected chi connectivity index (χ1v) is 5.07. The molecule has 2 heterocycles. The zero-order valence-corrected chi connectivity index (χ0v) is 8.89. The van der Waals surface area contributed by atoms with E-state index in [0.29, 0.717) is 0 Å². The molecule has 0 unspecified atom stereocenters. The smallest absolute Gasteiger partial charge is 0.0591 e. The van der Waals surface area contributed by atoms with E-state index in [1.54, 1.807) is 0 Å². The van der Waals surface area contributed by atoms with Gasteiger partial charge in [0.05, 0.1) is 26.4 Å². The van der Waals surface area contributed by atoms with Crippen LogP contribution < -0.4 is 10.6 Å². The van der Waals surface area contributed by atoms with Crippen LogP contribution in [0.15, 0.2) is 13.2 Å². The molecule has 2 aliphatic rings. The van der Waals surface area contributed by atoms with Crippen LogP contribution in [0.3, 0.4) is 0 Å². The Morgan fingerprint density at radius 2 is 0.929 bits per heavy atom. The number of nitrogens with one attached hydrogen (secondary N) is 2. The Morgan fingerprint density at radius 1 is 0.643 bits per heavy atom. The van der Waals surface area contributed by atoms with Crippen LogP contribution in [0.5, 0.6) is 0 Å². The molecule has 4 heteroatoms. The van der Waals surface area contributed by atoms with Crippen LogP contribution in [-0.4, -0.2) is 52.6 Å². The molecule has 0 aromatic rings. The van der Waals surface area contributed by atoms with Gasteiger partial charge in [-0.15, -0.1) is 13.2 Å². The molecule has 2 rings (SSSR count). The lowest BCUT2D eigenvalue weighted by Gasteiger charge is -2.10. The number of morpholine rings is 2. The summed E-state index contributed by atoms with van der Waals surface area (Å²) in [6.07, 6.45) is 0. The zero-order valence-electron chi connectivity index (χ0n) is 8.89. The average Bonchev–Trinajstić information content (AvgIpc) is 2.37. The molecule has 0 aromatic heterocycles. The number of hydrogen-bond acceptors (Lipinski definition) is 4. The minimum Gasteiger partial charge on any atom is -0.379 e. The predicted octanol–water partition coefficient (Wildman–Crippen LogP) is 0.0146. The number of ether oxygens (including phenoxy) is 2. The molecule has 0 radical (unpaired) electrons. The van der Waals surface area contributed by atoms with E-state index >= 15 is 0 Å². The summed E-state index contributed by atoms with van der Waals surface area (Å²) < 4.78 is 10.0. The summed E-state index contributed by atoms with van der Waals surface area (Å²) in [5.74, 6) is 0. The first-order chi connectivity index (χ1) is 7.00. The lowest BCUT2D eigenvalue weighted by Crippen LogP contribution is -2.30. The Labute approximate surface area is 86.7 Å². The van der Waals surface area contributed by atoms with Crippen LogP contribution in [0, 0.1) is 0 Å². The molecule has 0 aromatic carbocycles. The van der Waals surface area contributed by atoms with Gasteiger partial charge < -0.3 is 20.1 Å². The minimum atomic E-state index is 0.889. The minimum absolute atomic E-state index is 0.889. The fraction of sp³-hybridized carbons (Fsp3) is 0.800. The monoisotopic (exact) mass is 202 g/mol. The molecule has 0 saturated carbocycles. The van der Waals surface area contributed by atoms with E-state index in [0.717, 1.165) is 52.6 Å². The van der Waals surface area contributed by atoms with Crippen molar-refractivity contribution in [1.29, 1.82) is 0 Å². The second kappa shape index (κ2) is 12.6. The van der Waals surface area contributed by atoms with Gasteiger partial charge in [0.2, 0.25) is 0 Å². The molecule has 0 amide bonds. The second-order valence-electron chi connectivity index (χ2n) is 2.72. The molecule has 2 N–H and O–H groups in total. The molecular formula is C10H22N2O2. The largest absolute Gasteiger partial charge is 0.379 e. The second-order valence-corrected chi connectivity index (χ2v) is 2.72. The van der Waals surface area contributed by atoms with Crippen LogP contribution in [0.4, 0.5) is 0 Å². The van der Waals surface area contributed by atoms with Gasteiger partial charge in [-0.05, 0) is 0 Å². The SMILES string of the molecule is C1COCCN1.C1COCCN1.C=C. The highest BCUT2D eigenvalue weighted by atomic mass is 16.5. The van der Waals surface area contributed by atoms with Gasteiger partial charge in [0.25, 0.3) is 0 Å². The zero-order chi connectivity index (χ0) is 10.5. The van der Waals surface area contributed by atoms with Crippen molar-refractivity contribution in [3.05, 3.63) is 13.2 Å². The fourth-order valence-electron chi connectivity index (χ4n) is 1.03. The van der Waals surface area contributed by atoms with Crippen LogP contribution in [0.1, 0.15) is 0 Å². The molecule has 0 atom stereocenters. The van der Waals surface area contributed by atoms with E-state index in [9.17, 15) is 0 Å². The van der Waals surface area contributed by atoms with E-state index in [4.69, 9.17) is 9.47 Å². The predicted molar refractivity (Wildman–Crippen MR) is 58.6 cm³/mol. The summed E-state index contributed by atoms with van der Waals surface area (Å²) in [4.78, 5) is 0. The molecule has 84 valence electrons. The van der Waals surface area contributed by atoms with E-state index in [2.05, 4.69) is 23.8 Å². The maximum atomic E-state index is 5.01. The van der Waals surface area contributed by atoms with Gasteiger partial charge in [0.15, 0.2) is 0 Å². The van der Waals surface area contributed by atoms with Gasteiger partial charge in [-0.3, -0.25) is 0 Å². The van der Waals surface area contributed by atoms with E-state index in [1.807, 2.05) is 0 Å². The topological polar surface area (TPSA) is 42.5 Å². The highest BCUT2D eigenvalue weighted by Gasteiger charge is 1.93. The van der Waals surface area contributed by atoms with Gasteiger partial charge in [-0.25, -0.2) is 0 Å². The molecule has 0 aliphatic carbocycles. The van der Waals surface area contributed by atoms with Gasteiger partial charge in [-0.1, -0.05) is 0 Å². The van der Waals surface area contributed by atoms with Crippen molar-refractivity contribution >= 4 is 0 Å². The van der Waals surface area contributed by atoms with Crippen molar-refractivity contribution in [2.45, 2.75) is 0 Å². The Balaban J connectivity index is 0.000000206. The summed E-state index contributed by atoms with van der Waals surface area (Å²) in [6, 6.07) is 0. The van der Waals surface area contributed by atoms with Crippen molar-refractivity contribution in [2.75, 3.05) is 52.6 Å². The highest BCUT2D eigenvalue weighted by molar-refractivity contribution is 4.50. The van der Waals surface area contributed by atoms with Crippen molar-refractivity contribution in [3.63, 3.8) is 0 Å². The summed E-state index contributed by atoms with van der Waals surface area (Å²) >= 11 is 0. The number of hydrogen-bond donors (Lipinski definition) is 2. The molecule has 2 saturated heterocycles. The molecule has 2 fully saturated rings. The first-order valence-electron chi connectivity index (χ1n) is 5.07. The number of rotatable bonds is 0. The maximum Gasteiger partial charge on any atom is 0.0591 e. The third kappa shape index (κ3) is 9.67. The molecular weight excluding hydrogens is 180 g/mol. The van der Waals surface area contributed by atoms with Gasteiger partial charge >= 0.3 is 0 Å². The van der Waals surface area contributed by atoms with Crippen LogP contribution in [0.2, 0.25) is 0 Å². The Bertz CT molecular complexity index is 69.3. The molecule has 0 bridgehead atoms. The summed E-state index contributed by atoms with van der Waals surface area (Å²) in [5.41, 5.74) is 0. The van der Waals surface area contributed by atoms with Crippen LogP contribution in [0.25, 0.3) is 0 Å². The normalized spacial score (nSPS) is 20.9. The average molecular weight is 202 g/mol. The van der Waals surface area contributed by atoms with Gasteiger partial charge in [0, 0.05) is 26.2 Å². The lowest BCUT2D eigenvalue weighted by molar-refractivity contribution is 0.109. The van der Waals surface area contributed by atoms with Crippen LogP contribution in [-0.2, 0) is 9.47 Å². The summed E-state index contributed by atoms with van der Waals surface area (Å²) in [6.45, 7) is 13.7. The molecule has 14 heavy (non-hydrogen) atoms. The summed E-state index contributed by atoms with van der Waals surface area (Å²) in [7, 11) is 0. The van der Waals surface area contributed by atoms with Crippen LogP contribution >= 0.6 is 0 Å². The quantitative estimate of drug-likeness (QED) is 0.543. The first kappa shape index (κ1) is 13.6. The Kier molecular flexibility index (Phi) is 12.2. The maximum absolute atomic E-state index is 5.01. The van der Waals surface area contributed by atoms with Crippen molar-refractivity contribution in [3.8, 4) is 0 Å². The van der Waals surface area contributed by atoms with Crippen molar-refractivity contribution in [2.24, 2.45) is 0 Å². The van der Waals surface area contributed by atoms with Gasteiger partial charge in [0.1, 0.15) is 0 Å². The Hall–Kier alpha value is -0.420. The van der Waals surface area contributed by atoms with E-state index in [-0.39, 0.29) is 0 Å². The Morgan fingerprint density at radius 3 is 1.00 bits per heavy atom.